The van der Waals surface area contributed by atoms with Crippen LogP contribution < -0.4 is 0 Å². The average molecular weight is 496 g/mol. The number of halogens is 3. The van der Waals surface area contributed by atoms with Gasteiger partial charge in [-0.1, -0.05) is 23.2 Å². The predicted octanol–water partition coefficient (Wildman–Crippen LogP) is 2.11. The molecular weight excluding hydrogens is 469 g/mol. The molecule has 3 heterocycles. The number of benzene rings is 1. The van der Waals surface area contributed by atoms with Crippen LogP contribution in [0.5, 0.6) is 0 Å². The third-order valence-electron chi connectivity index (χ3n) is 7.16. The van der Waals surface area contributed by atoms with Crippen LogP contribution in [0.25, 0.3) is 11.3 Å². The van der Waals surface area contributed by atoms with Gasteiger partial charge in [-0.15, -0.1) is 5.10 Å². The molecule has 3 aliphatic rings. The molecular formula is C23H27F3N4O5. The first kappa shape index (κ1) is 24.2. The normalized spacial score (nSPS) is 31.5. The summed E-state index contributed by atoms with van der Waals surface area (Å²) in [5.74, 6) is -3.93. The molecule has 12 heteroatoms. The van der Waals surface area contributed by atoms with E-state index in [1.165, 1.54) is 19.0 Å². The van der Waals surface area contributed by atoms with E-state index < -0.39 is 54.5 Å². The molecule has 190 valence electrons. The van der Waals surface area contributed by atoms with Crippen molar-refractivity contribution in [3.8, 4) is 11.3 Å². The van der Waals surface area contributed by atoms with Crippen molar-refractivity contribution in [1.82, 2.24) is 15.0 Å². The standard InChI is InChI=1S/C23H27F3N4O5/c24-14-5-12(6-15(25)20(14)26)17-9-30(29-27-17)21-22(32)18(34-19(10-31)23(21)33)8-13-7-16(28-35-13)11-3-1-2-4-11/h5-6,9,11,13,18-19,21-23,31-33H,1-4,7-8,10H2/t13?,18-,19-,21-,22+,23+/m1/s1. The SMILES string of the molecule is OC[C@H]1O[C@H](CC2CC(C3CCCC3)=NO2)[C@H](O)[C@@H](n2cc(-c3cc(F)c(F)c(F)c3)nn2)[C@H]1O. The quantitative estimate of drug-likeness (QED) is 0.524. The zero-order valence-electron chi connectivity index (χ0n) is 18.8. The van der Waals surface area contributed by atoms with Crippen molar-refractivity contribution in [1.29, 1.82) is 0 Å². The van der Waals surface area contributed by atoms with Gasteiger partial charge in [-0.25, -0.2) is 17.9 Å². The van der Waals surface area contributed by atoms with Crippen LogP contribution in [0, 0.1) is 23.4 Å². The summed E-state index contributed by atoms with van der Waals surface area (Å²) in [6.07, 6.45) is 1.98. The van der Waals surface area contributed by atoms with E-state index in [1.807, 2.05) is 0 Å². The highest BCUT2D eigenvalue weighted by Crippen LogP contribution is 2.36. The molecule has 1 unspecified atom stereocenters. The molecule has 1 saturated carbocycles. The average Bonchev–Trinajstić information content (AvgIpc) is 3.61. The van der Waals surface area contributed by atoms with Gasteiger partial charge in [-0.05, 0) is 25.0 Å². The molecule has 0 radical (unpaired) electrons. The van der Waals surface area contributed by atoms with E-state index in [0.717, 1.165) is 35.4 Å². The first-order valence-electron chi connectivity index (χ1n) is 11.8. The first-order chi connectivity index (χ1) is 16.9. The summed E-state index contributed by atoms with van der Waals surface area (Å²) in [6.45, 7) is -0.508. The van der Waals surface area contributed by atoms with Crippen LogP contribution in [0.1, 0.15) is 44.6 Å². The molecule has 1 aliphatic carbocycles. The predicted molar refractivity (Wildman–Crippen MR) is 116 cm³/mol. The van der Waals surface area contributed by atoms with Crippen molar-refractivity contribution in [2.45, 2.75) is 75.1 Å². The summed E-state index contributed by atoms with van der Waals surface area (Å²) in [6, 6.07) is 0.490. The van der Waals surface area contributed by atoms with Crippen LogP contribution in [-0.4, -0.2) is 73.2 Å². The number of hydrogen-bond acceptors (Lipinski definition) is 8. The number of ether oxygens (including phenoxy) is 1. The Morgan fingerprint density at radius 3 is 2.40 bits per heavy atom. The van der Waals surface area contributed by atoms with Gasteiger partial charge in [0, 0.05) is 24.3 Å². The topological polar surface area (TPSA) is 122 Å². The minimum atomic E-state index is -1.60. The minimum absolute atomic E-state index is 0.0134. The Kier molecular flexibility index (Phi) is 6.80. The lowest BCUT2D eigenvalue weighted by Gasteiger charge is -2.42. The van der Waals surface area contributed by atoms with Gasteiger partial charge >= 0.3 is 0 Å². The molecule has 1 aromatic carbocycles. The fourth-order valence-electron chi connectivity index (χ4n) is 5.28. The summed E-state index contributed by atoms with van der Waals surface area (Å²) in [5, 5.41) is 43.6. The van der Waals surface area contributed by atoms with Crippen LogP contribution in [0.2, 0.25) is 0 Å². The summed E-state index contributed by atoms with van der Waals surface area (Å²) in [5.41, 5.74) is 0.974. The van der Waals surface area contributed by atoms with Crippen LogP contribution in [0.4, 0.5) is 13.2 Å². The molecule has 0 bridgehead atoms. The number of oxime groups is 1. The second-order valence-corrected chi connectivity index (χ2v) is 9.44. The Balaban J connectivity index is 1.33. The van der Waals surface area contributed by atoms with Crippen molar-refractivity contribution in [3.63, 3.8) is 0 Å². The highest BCUT2D eigenvalue weighted by molar-refractivity contribution is 5.87. The third-order valence-corrected chi connectivity index (χ3v) is 7.16. The molecule has 1 aromatic heterocycles. The molecule has 9 nitrogen and oxygen atoms in total. The summed E-state index contributed by atoms with van der Waals surface area (Å²) < 4.78 is 47.6. The highest BCUT2D eigenvalue weighted by Gasteiger charge is 2.47. The largest absolute Gasteiger partial charge is 0.394 e. The summed E-state index contributed by atoms with van der Waals surface area (Å²) in [7, 11) is 0. The van der Waals surface area contributed by atoms with Gasteiger partial charge in [-0.2, -0.15) is 0 Å². The number of rotatable bonds is 6. The van der Waals surface area contributed by atoms with E-state index in [-0.39, 0.29) is 23.8 Å². The molecule has 5 rings (SSSR count). The molecule has 6 atom stereocenters. The molecule has 35 heavy (non-hydrogen) atoms. The van der Waals surface area contributed by atoms with Crippen LogP contribution in [0.15, 0.2) is 23.5 Å². The molecule has 2 aliphatic heterocycles. The van der Waals surface area contributed by atoms with Crippen molar-refractivity contribution in [2.75, 3.05) is 6.61 Å². The van der Waals surface area contributed by atoms with E-state index in [4.69, 9.17) is 9.57 Å². The molecule has 0 spiro atoms. The van der Waals surface area contributed by atoms with E-state index in [2.05, 4.69) is 15.5 Å². The number of aliphatic hydroxyl groups excluding tert-OH is 3. The number of hydrogen-bond donors (Lipinski definition) is 3. The Bertz CT molecular complexity index is 1070. The fraction of sp³-hybridized carbons (Fsp3) is 0.609. The van der Waals surface area contributed by atoms with Gasteiger partial charge in [0.1, 0.15) is 36.2 Å². The lowest BCUT2D eigenvalue weighted by molar-refractivity contribution is -0.212. The van der Waals surface area contributed by atoms with E-state index in [1.54, 1.807) is 0 Å². The monoisotopic (exact) mass is 496 g/mol. The highest BCUT2D eigenvalue weighted by atomic mass is 19.2. The lowest BCUT2D eigenvalue weighted by Crippen LogP contribution is -2.56. The van der Waals surface area contributed by atoms with Crippen molar-refractivity contribution >= 4 is 5.71 Å². The molecule has 1 saturated heterocycles. The Labute approximate surface area is 199 Å². The van der Waals surface area contributed by atoms with E-state index >= 15 is 0 Å². The first-order valence-corrected chi connectivity index (χ1v) is 11.8. The third kappa shape index (κ3) is 4.67. The van der Waals surface area contributed by atoms with Crippen molar-refractivity contribution in [3.05, 3.63) is 35.8 Å². The second-order valence-electron chi connectivity index (χ2n) is 9.44. The lowest BCUT2D eigenvalue weighted by atomic mass is 9.88. The van der Waals surface area contributed by atoms with E-state index in [0.29, 0.717) is 12.3 Å². The van der Waals surface area contributed by atoms with Gasteiger partial charge < -0.3 is 24.9 Å². The van der Waals surface area contributed by atoms with Crippen LogP contribution in [0.3, 0.4) is 0 Å². The maximum absolute atomic E-state index is 13.7. The van der Waals surface area contributed by atoms with Crippen LogP contribution >= 0.6 is 0 Å². The summed E-state index contributed by atoms with van der Waals surface area (Å²) >= 11 is 0. The zero-order chi connectivity index (χ0) is 24.7. The molecule has 3 N–H and O–H groups in total. The van der Waals surface area contributed by atoms with Crippen molar-refractivity contribution < 1.29 is 38.1 Å². The molecule has 0 amide bonds. The Morgan fingerprint density at radius 1 is 1.03 bits per heavy atom. The van der Waals surface area contributed by atoms with Gasteiger partial charge in [0.05, 0.1) is 24.6 Å². The van der Waals surface area contributed by atoms with Gasteiger partial charge in [0.25, 0.3) is 0 Å². The molecule has 2 fully saturated rings. The second kappa shape index (κ2) is 9.84. The minimum Gasteiger partial charge on any atom is -0.394 e. The number of nitrogens with zero attached hydrogens (tertiary/aromatic N) is 4. The van der Waals surface area contributed by atoms with Crippen LogP contribution in [-0.2, 0) is 9.57 Å². The summed E-state index contributed by atoms with van der Waals surface area (Å²) in [4.78, 5) is 5.60. The number of aromatic nitrogens is 3. The molecule has 2 aromatic rings. The Hall–Kier alpha value is -2.54. The van der Waals surface area contributed by atoms with Gasteiger partial charge in [-0.3, -0.25) is 0 Å². The zero-order valence-corrected chi connectivity index (χ0v) is 18.8. The van der Waals surface area contributed by atoms with Crippen molar-refractivity contribution in [2.24, 2.45) is 11.1 Å². The van der Waals surface area contributed by atoms with E-state index in [9.17, 15) is 28.5 Å². The van der Waals surface area contributed by atoms with Gasteiger partial charge in [0.15, 0.2) is 17.5 Å². The maximum atomic E-state index is 13.7. The smallest absolute Gasteiger partial charge is 0.194 e. The Morgan fingerprint density at radius 2 is 1.71 bits per heavy atom. The maximum Gasteiger partial charge on any atom is 0.194 e. The fourth-order valence-corrected chi connectivity index (χ4v) is 5.28. The number of aliphatic hydroxyl groups is 3. The van der Waals surface area contributed by atoms with Gasteiger partial charge in [0.2, 0.25) is 0 Å².